The van der Waals surface area contributed by atoms with Crippen LogP contribution in [0.25, 0.3) is 0 Å². The number of rotatable bonds is 2. The Morgan fingerprint density at radius 1 is 1.21 bits per heavy atom. The molecule has 4 nitrogen and oxygen atoms in total. The van der Waals surface area contributed by atoms with Crippen LogP contribution >= 0.6 is 27.5 Å². The molecule has 1 aromatic carbocycles. The molecule has 0 saturated heterocycles. The number of benzene rings is 1. The van der Waals surface area contributed by atoms with Crippen LogP contribution in [-0.4, -0.2) is 16.5 Å². The Hall–Kier alpha value is -1.17. The number of nitrogens with zero attached hydrogens (tertiary/aromatic N) is 2. The van der Waals surface area contributed by atoms with Gasteiger partial charge in [-0.15, -0.1) is 0 Å². The van der Waals surface area contributed by atoms with Gasteiger partial charge in [0.25, 0.3) is 0 Å². The minimum Gasteiger partial charge on any atom is -0.340 e. The van der Waals surface area contributed by atoms with Crippen molar-refractivity contribution in [3.8, 4) is 0 Å². The normalized spacial score (nSPS) is 14.0. The molecule has 98 valence electrons. The maximum absolute atomic E-state index is 5.88. The van der Waals surface area contributed by atoms with E-state index in [9.17, 15) is 0 Å². The van der Waals surface area contributed by atoms with Gasteiger partial charge >= 0.3 is 0 Å². The van der Waals surface area contributed by atoms with Crippen LogP contribution in [0.1, 0.15) is 11.3 Å². The molecule has 0 spiro atoms. The summed E-state index contributed by atoms with van der Waals surface area (Å²) in [6, 6.07) is 7.57. The summed E-state index contributed by atoms with van der Waals surface area (Å²) in [5, 5.41) is 7.38. The lowest BCUT2D eigenvalue weighted by molar-refractivity contribution is 0.626. The maximum Gasteiger partial charge on any atom is 0.198 e. The Labute approximate surface area is 124 Å². The molecule has 2 aromatic rings. The molecule has 2 heterocycles. The maximum atomic E-state index is 5.88. The summed E-state index contributed by atoms with van der Waals surface area (Å²) in [5.41, 5.74) is 3.18. The lowest BCUT2D eigenvalue weighted by Gasteiger charge is -2.19. The third-order valence-corrected chi connectivity index (χ3v) is 3.62. The van der Waals surface area contributed by atoms with Gasteiger partial charge in [0.1, 0.15) is 5.82 Å². The van der Waals surface area contributed by atoms with Gasteiger partial charge in [-0.3, -0.25) is 0 Å². The molecule has 0 atom stereocenters. The van der Waals surface area contributed by atoms with Crippen molar-refractivity contribution >= 4 is 39.0 Å². The quantitative estimate of drug-likeness (QED) is 0.825. The Bertz CT molecular complexity index is 600. The zero-order valence-electron chi connectivity index (χ0n) is 10.1. The molecule has 0 aliphatic carbocycles. The highest BCUT2D eigenvalue weighted by molar-refractivity contribution is 9.10. The van der Waals surface area contributed by atoms with Crippen LogP contribution in [0, 0.1) is 0 Å². The molecule has 0 radical (unpaired) electrons. The van der Waals surface area contributed by atoms with E-state index in [-0.39, 0.29) is 0 Å². The van der Waals surface area contributed by atoms with Gasteiger partial charge in [0.15, 0.2) is 4.73 Å². The summed E-state index contributed by atoms with van der Waals surface area (Å²) >= 11 is 9.25. The smallest absolute Gasteiger partial charge is 0.198 e. The van der Waals surface area contributed by atoms with E-state index < -0.39 is 0 Å². The largest absolute Gasteiger partial charge is 0.340 e. The van der Waals surface area contributed by atoms with E-state index in [0.29, 0.717) is 4.73 Å². The van der Waals surface area contributed by atoms with Crippen molar-refractivity contribution in [2.24, 2.45) is 0 Å². The number of fused-ring (bicyclic) bond motifs is 1. The van der Waals surface area contributed by atoms with Crippen molar-refractivity contribution in [1.29, 1.82) is 0 Å². The molecule has 0 bridgehead atoms. The molecular weight excluding hydrogens is 328 g/mol. The Kier molecular flexibility index (Phi) is 3.68. The molecule has 2 N–H and O–H groups in total. The fraction of sp³-hybridized carbons (Fsp3) is 0.231. The predicted molar refractivity (Wildman–Crippen MR) is 79.9 cm³/mol. The predicted octanol–water partition coefficient (Wildman–Crippen LogP) is 3.28. The van der Waals surface area contributed by atoms with Crippen LogP contribution in [0.5, 0.6) is 0 Å². The second kappa shape index (κ2) is 5.45. The van der Waals surface area contributed by atoms with E-state index in [1.165, 1.54) is 0 Å². The minimum absolute atomic E-state index is 0.615. The number of hydrogen-bond donors (Lipinski definition) is 2. The first kappa shape index (κ1) is 12.8. The molecule has 3 rings (SSSR count). The standard InChI is InChI=1S/C13H12BrClN4/c14-13-18-11-5-6-16-7-10(11)12(19-13)17-9-3-1-8(15)2-4-9/h1-4,16H,5-7H2,(H,17,18,19). The molecule has 0 saturated carbocycles. The summed E-state index contributed by atoms with van der Waals surface area (Å²) < 4.78 is 0.615. The number of nitrogens with one attached hydrogen (secondary N) is 2. The zero-order chi connectivity index (χ0) is 13.2. The van der Waals surface area contributed by atoms with E-state index in [4.69, 9.17) is 11.6 Å². The highest BCUT2D eigenvalue weighted by Gasteiger charge is 2.16. The van der Waals surface area contributed by atoms with Crippen LogP contribution in [0.3, 0.4) is 0 Å². The molecule has 1 aliphatic rings. The first-order valence-electron chi connectivity index (χ1n) is 6.01. The number of aromatic nitrogens is 2. The summed E-state index contributed by atoms with van der Waals surface area (Å²) in [6.07, 6.45) is 0.922. The number of hydrogen-bond acceptors (Lipinski definition) is 4. The number of anilines is 2. The van der Waals surface area contributed by atoms with Gasteiger partial charge in [-0.05, 0) is 40.2 Å². The molecule has 0 unspecified atom stereocenters. The molecule has 0 fully saturated rings. The van der Waals surface area contributed by atoms with Crippen molar-refractivity contribution in [3.63, 3.8) is 0 Å². The Morgan fingerprint density at radius 2 is 2.00 bits per heavy atom. The lowest BCUT2D eigenvalue weighted by atomic mass is 10.1. The zero-order valence-corrected chi connectivity index (χ0v) is 12.4. The molecule has 1 aliphatic heterocycles. The number of halogens is 2. The van der Waals surface area contributed by atoms with Crippen molar-refractivity contribution in [3.05, 3.63) is 45.3 Å². The van der Waals surface area contributed by atoms with Crippen LogP contribution in [0.15, 0.2) is 29.0 Å². The van der Waals surface area contributed by atoms with Crippen molar-refractivity contribution in [1.82, 2.24) is 15.3 Å². The van der Waals surface area contributed by atoms with Gasteiger partial charge in [-0.25, -0.2) is 9.97 Å². The fourth-order valence-electron chi connectivity index (χ4n) is 2.09. The molecule has 0 amide bonds. The van der Waals surface area contributed by atoms with E-state index in [2.05, 4.69) is 36.5 Å². The summed E-state index contributed by atoms with van der Waals surface area (Å²) in [6.45, 7) is 1.75. The molecule has 19 heavy (non-hydrogen) atoms. The van der Waals surface area contributed by atoms with Crippen LogP contribution in [-0.2, 0) is 13.0 Å². The van der Waals surface area contributed by atoms with Crippen LogP contribution in [0.4, 0.5) is 11.5 Å². The van der Waals surface area contributed by atoms with Gasteiger partial charge in [-0.1, -0.05) is 11.6 Å². The second-order valence-corrected chi connectivity index (χ2v) is 5.47. The van der Waals surface area contributed by atoms with E-state index in [1.807, 2.05) is 24.3 Å². The van der Waals surface area contributed by atoms with Crippen LogP contribution in [0.2, 0.25) is 5.02 Å². The Morgan fingerprint density at radius 3 is 2.79 bits per heavy atom. The van der Waals surface area contributed by atoms with E-state index in [1.54, 1.807) is 0 Å². The fourth-order valence-corrected chi connectivity index (χ4v) is 2.60. The van der Waals surface area contributed by atoms with Gasteiger partial charge in [-0.2, -0.15) is 0 Å². The highest BCUT2D eigenvalue weighted by atomic mass is 79.9. The second-order valence-electron chi connectivity index (χ2n) is 4.33. The third kappa shape index (κ3) is 2.88. The van der Waals surface area contributed by atoms with E-state index in [0.717, 1.165) is 47.3 Å². The SMILES string of the molecule is Clc1ccc(Nc2nc(Br)nc3c2CNCC3)cc1. The van der Waals surface area contributed by atoms with Gasteiger partial charge in [0.2, 0.25) is 0 Å². The van der Waals surface area contributed by atoms with E-state index >= 15 is 0 Å². The first-order chi connectivity index (χ1) is 9.22. The minimum atomic E-state index is 0.615. The average Bonchev–Trinajstić information content (AvgIpc) is 2.41. The summed E-state index contributed by atoms with van der Waals surface area (Å²) in [4.78, 5) is 8.86. The van der Waals surface area contributed by atoms with Gasteiger partial charge in [0.05, 0.1) is 5.69 Å². The Balaban J connectivity index is 1.95. The molecular formula is C13H12BrClN4. The first-order valence-corrected chi connectivity index (χ1v) is 7.18. The van der Waals surface area contributed by atoms with Gasteiger partial charge < -0.3 is 10.6 Å². The van der Waals surface area contributed by atoms with Crippen LogP contribution < -0.4 is 10.6 Å². The topological polar surface area (TPSA) is 49.8 Å². The average molecular weight is 340 g/mol. The van der Waals surface area contributed by atoms with Crippen molar-refractivity contribution in [2.45, 2.75) is 13.0 Å². The monoisotopic (exact) mass is 338 g/mol. The summed E-state index contributed by atoms with van der Waals surface area (Å²) in [5.74, 6) is 0.839. The lowest BCUT2D eigenvalue weighted by Crippen LogP contribution is -2.26. The van der Waals surface area contributed by atoms with Crippen molar-refractivity contribution < 1.29 is 0 Å². The molecule has 1 aromatic heterocycles. The highest BCUT2D eigenvalue weighted by Crippen LogP contribution is 2.25. The summed E-state index contributed by atoms with van der Waals surface area (Å²) in [7, 11) is 0. The van der Waals surface area contributed by atoms with Crippen molar-refractivity contribution in [2.75, 3.05) is 11.9 Å². The van der Waals surface area contributed by atoms with Gasteiger partial charge in [0, 0.05) is 35.8 Å². The molecule has 6 heteroatoms. The third-order valence-electron chi connectivity index (χ3n) is 3.01.